The van der Waals surface area contributed by atoms with Crippen LogP contribution in [-0.2, 0) is 0 Å². The number of primary amides is 1. The second kappa shape index (κ2) is 6.47. The third-order valence-electron chi connectivity index (χ3n) is 2.44. The summed E-state index contributed by atoms with van der Waals surface area (Å²) in [4.78, 5) is 11.3. The third kappa shape index (κ3) is 4.24. The summed E-state index contributed by atoms with van der Waals surface area (Å²) in [5, 5.41) is 6.81. The summed E-state index contributed by atoms with van der Waals surface area (Å²) in [7, 11) is 1.91. The van der Waals surface area contributed by atoms with Gasteiger partial charge in [-0.05, 0) is 37.7 Å². The second-order valence-electron chi connectivity index (χ2n) is 4.10. The van der Waals surface area contributed by atoms with E-state index < -0.39 is 5.91 Å². The number of benzene rings is 1. The first kappa shape index (κ1) is 13.8. The van der Waals surface area contributed by atoms with Crippen molar-refractivity contribution in [3.63, 3.8) is 0 Å². The monoisotopic (exact) mass is 255 g/mol. The average molecular weight is 256 g/mol. The molecular formula is C12H18ClN3O. The highest BCUT2D eigenvalue weighted by molar-refractivity contribution is 6.31. The molecule has 5 heteroatoms. The van der Waals surface area contributed by atoms with Crippen molar-refractivity contribution >= 4 is 23.2 Å². The summed E-state index contributed by atoms with van der Waals surface area (Å²) in [5.41, 5.74) is 6.45. The van der Waals surface area contributed by atoms with Crippen LogP contribution >= 0.6 is 11.6 Å². The Kier molecular flexibility index (Phi) is 5.25. The van der Waals surface area contributed by atoms with Gasteiger partial charge in [-0.1, -0.05) is 18.5 Å². The lowest BCUT2D eigenvalue weighted by molar-refractivity contribution is 0.100. The highest BCUT2D eigenvalue weighted by Crippen LogP contribution is 2.20. The van der Waals surface area contributed by atoms with Gasteiger partial charge in [0.2, 0.25) is 0 Å². The van der Waals surface area contributed by atoms with Crippen molar-refractivity contribution < 1.29 is 4.79 Å². The van der Waals surface area contributed by atoms with Gasteiger partial charge in [0, 0.05) is 17.3 Å². The molecule has 1 amide bonds. The first-order chi connectivity index (χ1) is 8.04. The number of amides is 1. The van der Waals surface area contributed by atoms with E-state index in [1.165, 1.54) is 0 Å². The van der Waals surface area contributed by atoms with Gasteiger partial charge < -0.3 is 16.4 Å². The first-order valence-corrected chi connectivity index (χ1v) is 5.90. The van der Waals surface area contributed by atoms with E-state index in [1.54, 1.807) is 18.2 Å². The van der Waals surface area contributed by atoms with Gasteiger partial charge in [-0.25, -0.2) is 0 Å². The Labute approximate surface area is 107 Å². The largest absolute Gasteiger partial charge is 0.384 e. The van der Waals surface area contributed by atoms with Gasteiger partial charge in [-0.2, -0.15) is 0 Å². The predicted molar refractivity (Wildman–Crippen MR) is 71.6 cm³/mol. The Morgan fingerprint density at radius 3 is 2.76 bits per heavy atom. The summed E-state index contributed by atoms with van der Waals surface area (Å²) in [6, 6.07) is 5.09. The van der Waals surface area contributed by atoms with Crippen LogP contribution in [0.5, 0.6) is 0 Å². The summed E-state index contributed by atoms with van der Waals surface area (Å²) in [6.45, 7) is 3.79. The van der Waals surface area contributed by atoms with E-state index in [9.17, 15) is 4.79 Å². The van der Waals surface area contributed by atoms with E-state index in [-0.39, 0.29) is 0 Å². The Morgan fingerprint density at radius 2 is 2.18 bits per heavy atom. The van der Waals surface area contributed by atoms with Crippen LogP contribution in [0.3, 0.4) is 0 Å². The Hall–Kier alpha value is -1.26. The number of carbonyl (C=O) groups excluding carboxylic acids is 1. The van der Waals surface area contributed by atoms with Crippen molar-refractivity contribution in [3.05, 3.63) is 28.8 Å². The summed E-state index contributed by atoms with van der Waals surface area (Å²) >= 11 is 5.83. The Bertz CT molecular complexity index is 395. The standard InChI is InChI=1S/C12H18ClN3O/c1-8(6-15-2)7-16-11-4-3-9(13)5-10(11)12(14)17/h3-5,8,15-16H,6-7H2,1-2H3,(H2,14,17). The number of hydrogen-bond acceptors (Lipinski definition) is 3. The molecule has 1 rings (SSSR count). The van der Waals surface area contributed by atoms with E-state index in [0.29, 0.717) is 16.5 Å². The topological polar surface area (TPSA) is 67.2 Å². The predicted octanol–water partition coefficient (Wildman–Crippen LogP) is 1.71. The van der Waals surface area contributed by atoms with Crippen LogP contribution in [0.4, 0.5) is 5.69 Å². The lowest BCUT2D eigenvalue weighted by Crippen LogP contribution is -2.24. The minimum absolute atomic E-state index is 0.425. The fraction of sp³-hybridized carbons (Fsp3) is 0.417. The van der Waals surface area contributed by atoms with Crippen molar-refractivity contribution in [1.29, 1.82) is 0 Å². The highest BCUT2D eigenvalue weighted by atomic mass is 35.5. The van der Waals surface area contributed by atoms with Gasteiger partial charge in [0.05, 0.1) is 5.56 Å². The van der Waals surface area contributed by atoms with E-state index in [4.69, 9.17) is 17.3 Å². The quantitative estimate of drug-likeness (QED) is 0.725. The zero-order chi connectivity index (χ0) is 12.8. The maximum Gasteiger partial charge on any atom is 0.250 e. The van der Waals surface area contributed by atoms with Crippen molar-refractivity contribution in [1.82, 2.24) is 5.32 Å². The van der Waals surface area contributed by atoms with Crippen LogP contribution in [0.2, 0.25) is 5.02 Å². The molecule has 1 atom stereocenters. The zero-order valence-electron chi connectivity index (χ0n) is 10.1. The maximum atomic E-state index is 11.3. The summed E-state index contributed by atoms with van der Waals surface area (Å²) < 4.78 is 0. The molecule has 4 nitrogen and oxygen atoms in total. The van der Waals surface area contributed by atoms with Crippen LogP contribution in [0.1, 0.15) is 17.3 Å². The molecule has 0 aliphatic carbocycles. The molecule has 0 aliphatic rings. The van der Waals surface area contributed by atoms with Gasteiger partial charge in [-0.15, -0.1) is 0 Å². The SMILES string of the molecule is CNCC(C)CNc1ccc(Cl)cc1C(N)=O. The molecule has 1 aromatic carbocycles. The number of anilines is 1. The molecule has 17 heavy (non-hydrogen) atoms. The van der Waals surface area contributed by atoms with Crippen LogP contribution in [0.15, 0.2) is 18.2 Å². The fourth-order valence-electron chi connectivity index (χ4n) is 1.58. The van der Waals surface area contributed by atoms with Crippen molar-refractivity contribution in [2.75, 3.05) is 25.5 Å². The van der Waals surface area contributed by atoms with Crippen LogP contribution in [0, 0.1) is 5.92 Å². The fourth-order valence-corrected chi connectivity index (χ4v) is 1.75. The lowest BCUT2D eigenvalue weighted by atomic mass is 10.1. The van der Waals surface area contributed by atoms with Crippen molar-refractivity contribution in [2.45, 2.75) is 6.92 Å². The highest BCUT2D eigenvalue weighted by Gasteiger charge is 2.09. The molecule has 0 radical (unpaired) electrons. The second-order valence-corrected chi connectivity index (χ2v) is 4.53. The van der Waals surface area contributed by atoms with Crippen LogP contribution < -0.4 is 16.4 Å². The van der Waals surface area contributed by atoms with Crippen LogP contribution in [-0.4, -0.2) is 26.0 Å². The smallest absolute Gasteiger partial charge is 0.250 e. The van der Waals surface area contributed by atoms with Crippen molar-refractivity contribution in [3.8, 4) is 0 Å². The van der Waals surface area contributed by atoms with Gasteiger partial charge in [0.1, 0.15) is 0 Å². The van der Waals surface area contributed by atoms with Gasteiger partial charge in [0.15, 0.2) is 0 Å². The molecule has 0 fully saturated rings. The molecule has 0 heterocycles. The maximum absolute atomic E-state index is 11.3. The molecule has 0 aliphatic heterocycles. The molecule has 0 spiro atoms. The van der Waals surface area contributed by atoms with E-state index in [0.717, 1.165) is 18.8 Å². The summed E-state index contributed by atoms with van der Waals surface area (Å²) in [6.07, 6.45) is 0. The van der Waals surface area contributed by atoms with Gasteiger partial charge in [0.25, 0.3) is 5.91 Å². The number of rotatable bonds is 6. The van der Waals surface area contributed by atoms with E-state index in [2.05, 4.69) is 17.6 Å². The van der Waals surface area contributed by atoms with Crippen molar-refractivity contribution in [2.24, 2.45) is 11.7 Å². The molecular weight excluding hydrogens is 238 g/mol. The Balaban J connectivity index is 2.73. The average Bonchev–Trinajstić information content (AvgIpc) is 2.27. The molecule has 0 saturated heterocycles. The number of halogens is 1. The van der Waals surface area contributed by atoms with Gasteiger partial charge in [-0.3, -0.25) is 4.79 Å². The number of carbonyl (C=O) groups is 1. The van der Waals surface area contributed by atoms with E-state index >= 15 is 0 Å². The lowest BCUT2D eigenvalue weighted by Gasteiger charge is -2.15. The molecule has 0 saturated carbocycles. The number of nitrogens with one attached hydrogen (secondary N) is 2. The minimum Gasteiger partial charge on any atom is -0.384 e. The zero-order valence-corrected chi connectivity index (χ0v) is 10.8. The Morgan fingerprint density at radius 1 is 1.47 bits per heavy atom. The minimum atomic E-state index is -0.476. The third-order valence-corrected chi connectivity index (χ3v) is 2.68. The molecule has 1 unspecified atom stereocenters. The molecule has 94 valence electrons. The first-order valence-electron chi connectivity index (χ1n) is 5.52. The molecule has 0 aromatic heterocycles. The molecule has 4 N–H and O–H groups in total. The van der Waals surface area contributed by atoms with Gasteiger partial charge >= 0.3 is 0 Å². The number of nitrogens with two attached hydrogens (primary N) is 1. The summed E-state index contributed by atoms with van der Waals surface area (Å²) in [5.74, 6) is -0.0207. The van der Waals surface area contributed by atoms with E-state index in [1.807, 2.05) is 7.05 Å². The normalized spacial score (nSPS) is 12.2. The molecule has 0 bridgehead atoms. The van der Waals surface area contributed by atoms with Crippen LogP contribution in [0.25, 0.3) is 0 Å². The number of hydrogen-bond donors (Lipinski definition) is 3. The molecule has 1 aromatic rings.